The topological polar surface area (TPSA) is 95.7 Å². The summed E-state index contributed by atoms with van der Waals surface area (Å²) in [6.07, 6.45) is 2.56. The molecule has 29 heavy (non-hydrogen) atoms. The third-order valence-electron chi connectivity index (χ3n) is 4.66. The van der Waals surface area contributed by atoms with E-state index in [0.29, 0.717) is 42.2 Å². The van der Waals surface area contributed by atoms with Gasteiger partial charge < -0.3 is 25.3 Å². The summed E-state index contributed by atoms with van der Waals surface area (Å²) in [5.41, 5.74) is 8.68. The largest absolute Gasteiger partial charge is 0.490 e. The molecular weight excluding hydrogens is 370 g/mol. The van der Waals surface area contributed by atoms with Crippen LogP contribution in [0.3, 0.4) is 0 Å². The molecule has 0 spiro atoms. The molecule has 0 fully saturated rings. The van der Waals surface area contributed by atoms with Crippen LogP contribution in [0.25, 0.3) is 11.1 Å². The summed E-state index contributed by atoms with van der Waals surface area (Å²) in [6, 6.07) is 5.64. The first kappa shape index (κ1) is 20.9. The summed E-state index contributed by atoms with van der Waals surface area (Å²) in [6.45, 7) is 8.45. The molecule has 1 aliphatic rings. The van der Waals surface area contributed by atoms with Gasteiger partial charge in [-0.05, 0) is 43.0 Å². The van der Waals surface area contributed by atoms with Crippen molar-refractivity contribution in [2.75, 3.05) is 19.0 Å². The maximum absolute atomic E-state index is 11.4. The third kappa shape index (κ3) is 4.79. The molecule has 1 amide bonds. The number of carbonyl (C=O) groups is 1. The van der Waals surface area contributed by atoms with Crippen LogP contribution in [0.2, 0.25) is 0 Å². The molecule has 0 unspecified atom stereocenters. The summed E-state index contributed by atoms with van der Waals surface area (Å²) >= 11 is 0. The Morgan fingerprint density at radius 1 is 1.38 bits per heavy atom. The van der Waals surface area contributed by atoms with Crippen LogP contribution in [0.5, 0.6) is 17.2 Å². The molecule has 0 radical (unpaired) electrons. The molecular formula is C22H29N3O4. The number of aromatic nitrogens is 1. The van der Waals surface area contributed by atoms with Crippen LogP contribution in [0, 0.1) is 5.92 Å². The number of anilines is 1. The number of amides is 1. The molecule has 1 aliphatic heterocycles. The number of fused-ring (bicyclic) bond motifs is 3. The number of pyridine rings is 1. The van der Waals surface area contributed by atoms with Gasteiger partial charge in [0.2, 0.25) is 11.7 Å². The van der Waals surface area contributed by atoms with E-state index in [1.165, 1.54) is 6.92 Å². The highest BCUT2D eigenvalue weighted by atomic mass is 16.5. The van der Waals surface area contributed by atoms with Gasteiger partial charge in [0.05, 0.1) is 7.11 Å². The molecule has 7 heteroatoms. The second-order valence-electron chi connectivity index (χ2n) is 8.21. The van der Waals surface area contributed by atoms with Crippen molar-refractivity contribution in [3.63, 3.8) is 0 Å². The van der Waals surface area contributed by atoms with Crippen LogP contribution in [0.4, 0.5) is 5.82 Å². The van der Waals surface area contributed by atoms with Crippen molar-refractivity contribution in [1.82, 2.24) is 4.98 Å². The Bertz CT molecular complexity index is 909. The molecule has 2 aromatic rings. The average molecular weight is 399 g/mol. The Kier molecular flexibility index (Phi) is 5.98. The molecule has 2 heterocycles. The van der Waals surface area contributed by atoms with Gasteiger partial charge in [-0.1, -0.05) is 13.8 Å². The monoisotopic (exact) mass is 399 g/mol. The van der Waals surface area contributed by atoms with Gasteiger partial charge >= 0.3 is 0 Å². The van der Waals surface area contributed by atoms with E-state index in [-0.39, 0.29) is 5.91 Å². The van der Waals surface area contributed by atoms with Crippen molar-refractivity contribution >= 4 is 11.7 Å². The molecule has 1 aromatic heterocycles. The van der Waals surface area contributed by atoms with E-state index in [0.717, 1.165) is 23.1 Å². The summed E-state index contributed by atoms with van der Waals surface area (Å²) in [5.74, 6) is 2.54. The zero-order valence-corrected chi connectivity index (χ0v) is 17.7. The van der Waals surface area contributed by atoms with Crippen LogP contribution < -0.4 is 25.3 Å². The quantitative estimate of drug-likeness (QED) is 0.736. The predicted octanol–water partition coefficient (Wildman–Crippen LogP) is 3.75. The van der Waals surface area contributed by atoms with Crippen molar-refractivity contribution in [2.24, 2.45) is 11.7 Å². The minimum Gasteiger partial charge on any atom is -0.490 e. The number of nitrogens with two attached hydrogens (primary N) is 1. The van der Waals surface area contributed by atoms with E-state index in [1.807, 2.05) is 25.1 Å². The average Bonchev–Trinajstić information content (AvgIpc) is 2.64. The zero-order valence-electron chi connectivity index (χ0n) is 17.7. The molecule has 7 nitrogen and oxygen atoms in total. The van der Waals surface area contributed by atoms with Crippen LogP contribution in [0.15, 0.2) is 24.4 Å². The standard InChI is InChI=1S/C22H29N3O4/c1-13(2)9-22(4,23)12-29-18-7-6-16-17-8-19(25-14(3)26)24-10-15(17)11-28-20(16)21(18)27-5/h6-8,10,13H,9,11-12,23H2,1-5H3,(H,24,25,26)/t22-/m0/s1. The third-order valence-corrected chi connectivity index (χ3v) is 4.66. The van der Waals surface area contributed by atoms with Gasteiger partial charge in [-0.3, -0.25) is 4.79 Å². The predicted molar refractivity (Wildman–Crippen MR) is 112 cm³/mol. The SMILES string of the molecule is COc1c(OC[C@@](C)(N)CC(C)C)ccc2c1OCc1cnc(NC(C)=O)cc1-2. The number of carbonyl (C=O) groups excluding carboxylic acids is 1. The Labute approximate surface area is 171 Å². The number of ether oxygens (including phenoxy) is 3. The van der Waals surface area contributed by atoms with Gasteiger partial charge in [0.25, 0.3) is 0 Å². The fourth-order valence-corrected chi connectivity index (χ4v) is 3.69. The van der Waals surface area contributed by atoms with Crippen LogP contribution in [0.1, 0.15) is 39.7 Å². The lowest BCUT2D eigenvalue weighted by atomic mass is 9.93. The van der Waals surface area contributed by atoms with Crippen molar-refractivity contribution in [2.45, 2.75) is 46.3 Å². The lowest BCUT2D eigenvalue weighted by molar-refractivity contribution is -0.114. The molecule has 156 valence electrons. The van der Waals surface area contributed by atoms with Gasteiger partial charge in [0.1, 0.15) is 19.0 Å². The number of methoxy groups -OCH3 is 1. The lowest BCUT2D eigenvalue weighted by Crippen LogP contribution is -2.43. The second kappa shape index (κ2) is 8.29. The Morgan fingerprint density at radius 3 is 2.79 bits per heavy atom. The Balaban J connectivity index is 1.92. The summed E-state index contributed by atoms with van der Waals surface area (Å²) in [5, 5.41) is 2.72. The first-order chi connectivity index (χ1) is 13.7. The minimum atomic E-state index is -0.443. The molecule has 3 N–H and O–H groups in total. The van der Waals surface area contributed by atoms with E-state index in [9.17, 15) is 4.79 Å². The van der Waals surface area contributed by atoms with E-state index in [4.69, 9.17) is 19.9 Å². The summed E-state index contributed by atoms with van der Waals surface area (Å²) < 4.78 is 17.6. The normalized spacial score (nSPS) is 14.3. The van der Waals surface area contributed by atoms with Crippen molar-refractivity contribution in [3.05, 3.63) is 30.0 Å². The van der Waals surface area contributed by atoms with E-state index < -0.39 is 5.54 Å². The van der Waals surface area contributed by atoms with E-state index in [1.54, 1.807) is 13.3 Å². The number of rotatable bonds is 7. The maximum Gasteiger partial charge on any atom is 0.222 e. The van der Waals surface area contributed by atoms with Gasteiger partial charge in [-0.2, -0.15) is 0 Å². The molecule has 3 rings (SSSR count). The Morgan fingerprint density at radius 2 is 2.14 bits per heavy atom. The van der Waals surface area contributed by atoms with Gasteiger partial charge in [0, 0.05) is 29.8 Å². The van der Waals surface area contributed by atoms with Crippen LogP contribution in [-0.4, -0.2) is 30.1 Å². The molecule has 0 saturated heterocycles. The van der Waals surface area contributed by atoms with Gasteiger partial charge in [0.15, 0.2) is 11.5 Å². The zero-order chi connectivity index (χ0) is 21.2. The van der Waals surface area contributed by atoms with Gasteiger partial charge in [-0.15, -0.1) is 0 Å². The molecule has 0 saturated carbocycles. The molecule has 0 aliphatic carbocycles. The number of nitrogens with one attached hydrogen (secondary N) is 1. The van der Waals surface area contributed by atoms with Crippen LogP contribution >= 0.6 is 0 Å². The smallest absolute Gasteiger partial charge is 0.222 e. The van der Waals surface area contributed by atoms with E-state index >= 15 is 0 Å². The van der Waals surface area contributed by atoms with Crippen molar-refractivity contribution < 1.29 is 19.0 Å². The highest BCUT2D eigenvalue weighted by Gasteiger charge is 2.27. The fourth-order valence-electron chi connectivity index (χ4n) is 3.69. The van der Waals surface area contributed by atoms with Crippen molar-refractivity contribution in [3.8, 4) is 28.4 Å². The first-order valence-corrected chi connectivity index (χ1v) is 9.72. The number of benzene rings is 1. The van der Waals surface area contributed by atoms with Crippen LogP contribution in [-0.2, 0) is 11.4 Å². The molecule has 1 aromatic carbocycles. The summed E-state index contributed by atoms with van der Waals surface area (Å²) in [7, 11) is 1.59. The van der Waals surface area contributed by atoms with E-state index in [2.05, 4.69) is 24.1 Å². The molecule has 0 bridgehead atoms. The maximum atomic E-state index is 11.4. The van der Waals surface area contributed by atoms with Gasteiger partial charge in [-0.25, -0.2) is 4.98 Å². The molecule has 1 atom stereocenters. The minimum absolute atomic E-state index is 0.169. The van der Waals surface area contributed by atoms with Crippen molar-refractivity contribution in [1.29, 1.82) is 0 Å². The Hall–Kier alpha value is -2.80. The fraction of sp³-hybridized carbons (Fsp3) is 0.455. The lowest BCUT2D eigenvalue weighted by Gasteiger charge is -2.28. The number of hydrogen-bond acceptors (Lipinski definition) is 6. The number of nitrogens with zero attached hydrogens (tertiary/aromatic N) is 1. The second-order valence-corrected chi connectivity index (χ2v) is 8.21. The highest BCUT2D eigenvalue weighted by Crippen LogP contribution is 2.48. The first-order valence-electron chi connectivity index (χ1n) is 9.72. The number of hydrogen-bond donors (Lipinski definition) is 2. The highest BCUT2D eigenvalue weighted by molar-refractivity contribution is 5.89. The summed E-state index contributed by atoms with van der Waals surface area (Å²) in [4.78, 5) is 15.6.